The van der Waals surface area contributed by atoms with E-state index in [1.165, 1.54) is 31.2 Å². The van der Waals surface area contributed by atoms with Crippen LogP contribution in [0.4, 0.5) is 8.78 Å². The fourth-order valence-electron chi connectivity index (χ4n) is 1.13. The number of carbonyl (C=O) groups excluding carboxylic acids is 2. The highest BCUT2D eigenvalue weighted by Crippen LogP contribution is 2.16. The number of rotatable bonds is 5. The molecule has 0 aromatic heterocycles. The van der Waals surface area contributed by atoms with Crippen molar-refractivity contribution in [3.05, 3.63) is 42.0 Å². The molecule has 0 heterocycles. The van der Waals surface area contributed by atoms with E-state index in [9.17, 15) is 18.4 Å². The number of carbonyl (C=O) groups is 2. The average Bonchev–Trinajstić information content (AvgIpc) is 2.35. The van der Waals surface area contributed by atoms with Crippen molar-refractivity contribution >= 4 is 11.9 Å². The Balaban J connectivity index is 2.64. The predicted molar refractivity (Wildman–Crippen MR) is 67.8 cm³/mol. The summed E-state index contributed by atoms with van der Waals surface area (Å²) < 4.78 is 34.4. The van der Waals surface area contributed by atoms with Crippen LogP contribution in [0.2, 0.25) is 0 Å². The van der Waals surface area contributed by atoms with Crippen molar-refractivity contribution in [2.45, 2.75) is 19.8 Å². The largest absolute Gasteiger partial charge is 0.456 e. The molecule has 0 aliphatic rings. The Hall–Kier alpha value is -2.24. The summed E-state index contributed by atoms with van der Waals surface area (Å²) in [6.07, 6.45) is 0. The summed E-state index contributed by atoms with van der Waals surface area (Å²) in [6.45, 7) is 4.59. The number of esters is 2. The van der Waals surface area contributed by atoms with Crippen molar-refractivity contribution < 1.29 is 27.8 Å². The van der Waals surface area contributed by atoms with Crippen LogP contribution in [-0.2, 0) is 9.53 Å². The first-order chi connectivity index (χ1) is 9.19. The SMILES string of the molecule is C=C(C)C(=O)Oc1ccc(C(=O)OCC(C)(F)F)cc1. The summed E-state index contributed by atoms with van der Waals surface area (Å²) in [5.74, 6) is -4.32. The van der Waals surface area contributed by atoms with E-state index in [2.05, 4.69) is 11.3 Å². The molecule has 0 N–H and O–H groups in total. The topological polar surface area (TPSA) is 52.6 Å². The van der Waals surface area contributed by atoms with E-state index < -0.39 is 24.5 Å². The van der Waals surface area contributed by atoms with Crippen molar-refractivity contribution in [3.63, 3.8) is 0 Å². The number of halogens is 2. The van der Waals surface area contributed by atoms with Crippen molar-refractivity contribution in [1.29, 1.82) is 0 Å². The standard InChI is InChI=1S/C14H14F2O4/c1-9(2)12(17)20-11-6-4-10(5-7-11)13(18)19-8-14(3,15)16/h4-7H,1,8H2,2-3H3. The van der Waals surface area contributed by atoms with Gasteiger partial charge in [-0.1, -0.05) is 6.58 Å². The van der Waals surface area contributed by atoms with Crippen molar-refractivity contribution in [1.82, 2.24) is 0 Å². The number of ether oxygens (including phenoxy) is 2. The molecule has 0 aliphatic heterocycles. The van der Waals surface area contributed by atoms with E-state index in [0.717, 1.165) is 0 Å². The fourth-order valence-corrected chi connectivity index (χ4v) is 1.13. The zero-order valence-corrected chi connectivity index (χ0v) is 11.1. The average molecular weight is 284 g/mol. The molecule has 6 heteroatoms. The van der Waals surface area contributed by atoms with Gasteiger partial charge < -0.3 is 9.47 Å². The highest BCUT2D eigenvalue weighted by molar-refractivity contribution is 5.90. The molecule has 0 aliphatic carbocycles. The summed E-state index contributed by atoms with van der Waals surface area (Å²) in [5.41, 5.74) is 0.322. The van der Waals surface area contributed by atoms with Crippen LogP contribution in [0.5, 0.6) is 5.75 Å². The van der Waals surface area contributed by atoms with Crippen molar-refractivity contribution in [2.24, 2.45) is 0 Å². The maximum absolute atomic E-state index is 12.5. The normalized spacial score (nSPS) is 10.8. The predicted octanol–water partition coefficient (Wildman–Crippen LogP) is 2.98. The first-order valence-corrected chi connectivity index (χ1v) is 5.72. The summed E-state index contributed by atoms with van der Waals surface area (Å²) in [6, 6.07) is 5.36. The molecular weight excluding hydrogens is 270 g/mol. The molecule has 1 aromatic carbocycles. The summed E-state index contributed by atoms with van der Waals surface area (Å²) in [4.78, 5) is 22.7. The van der Waals surface area contributed by atoms with Crippen LogP contribution >= 0.6 is 0 Å². The fraction of sp³-hybridized carbons (Fsp3) is 0.286. The maximum atomic E-state index is 12.5. The lowest BCUT2D eigenvalue weighted by Crippen LogP contribution is -2.21. The lowest BCUT2D eigenvalue weighted by molar-refractivity contribution is -0.130. The molecule has 0 saturated carbocycles. The molecule has 1 aromatic rings. The van der Waals surface area contributed by atoms with E-state index in [0.29, 0.717) is 6.92 Å². The van der Waals surface area contributed by atoms with Crippen molar-refractivity contribution in [3.8, 4) is 5.75 Å². The van der Waals surface area contributed by atoms with E-state index in [-0.39, 0.29) is 16.9 Å². The maximum Gasteiger partial charge on any atom is 0.338 e. The first kappa shape index (κ1) is 15.8. The van der Waals surface area contributed by atoms with Gasteiger partial charge in [0.05, 0.1) is 5.56 Å². The molecule has 4 nitrogen and oxygen atoms in total. The molecule has 1 rings (SSSR count). The van der Waals surface area contributed by atoms with Crippen LogP contribution in [0.15, 0.2) is 36.4 Å². The van der Waals surface area contributed by atoms with E-state index in [1.807, 2.05) is 0 Å². The lowest BCUT2D eigenvalue weighted by atomic mass is 10.2. The van der Waals surface area contributed by atoms with Gasteiger partial charge in [-0.3, -0.25) is 0 Å². The van der Waals surface area contributed by atoms with Gasteiger partial charge in [-0.2, -0.15) is 0 Å². The third kappa shape index (κ3) is 5.17. The minimum absolute atomic E-state index is 0.0874. The highest BCUT2D eigenvalue weighted by Gasteiger charge is 2.24. The first-order valence-electron chi connectivity index (χ1n) is 5.72. The molecule has 20 heavy (non-hydrogen) atoms. The molecule has 0 saturated heterocycles. The van der Waals surface area contributed by atoms with Crippen LogP contribution in [0.1, 0.15) is 24.2 Å². The minimum atomic E-state index is -3.08. The Morgan fingerprint density at radius 3 is 2.25 bits per heavy atom. The Kier molecular flexibility index (Phi) is 4.96. The molecule has 0 spiro atoms. The minimum Gasteiger partial charge on any atom is -0.456 e. The van der Waals surface area contributed by atoms with Gasteiger partial charge >= 0.3 is 11.9 Å². The quantitative estimate of drug-likeness (QED) is 0.474. The van der Waals surface area contributed by atoms with Gasteiger partial charge in [0.15, 0.2) is 6.61 Å². The van der Waals surface area contributed by atoms with Gasteiger partial charge in [-0.05, 0) is 31.2 Å². The number of benzene rings is 1. The molecule has 108 valence electrons. The summed E-state index contributed by atoms with van der Waals surface area (Å²) >= 11 is 0. The summed E-state index contributed by atoms with van der Waals surface area (Å²) in [7, 11) is 0. The second-order valence-electron chi connectivity index (χ2n) is 4.34. The Morgan fingerprint density at radius 1 is 1.25 bits per heavy atom. The Morgan fingerprint density at radius 2 is 1.80 bits per heavy atom. The van der Waals surface area contributed by atoms with Crippen LogP contribution in [-0.4, -0.2) is 24.5 Å². The number of hydrogen-bond donors (Lipinski definition) is 0. The lowest BCUT2D eigenvalue weighted by Gasteiger charge is -2.11. The van der Waals surface area contributed by atoms with Gasteiger partial charge in [-0.15, -0.1) is 0 Å². The third-order valence-electron chi connectivity index (χ3n) is 2.11. The second kappa shape index (κ2) is 6.27. The highest BCUT2D eigenvalue weighted by atomic mass is 19.3. The van der Waals surface area contributed by atoms with Gasteiger partial charge in [0.1, 0.15) is 5.75 Å². The van der Waals surface area contributed by atoms with E-state index >= 15 is 0 Å². The third-order valence-corrected chi connectivity index (χ3v) is 2.11. The van der Waals surface area contributed by atoms with Crippen LogP contribution < -0.4 is 4.74 Å². The summed E-state index contributed by atoms with van der Waals surface area (Å²) in [5, 5.41) is 0. The molecule has 0 amide bonds. The number of alkyl halides is 2. The molecule has 0 fully saturated rings. The van der Waals surface area contributed by atoms with Gasteiger partial charge in [-0.25, -0.2) is 18.4 Å². The molecule has 0 atom stereocenters. The zero-order chi connectivity index (χ0) is 15.3. The Bertz CT molecular complexity index is 515. The van der Waals surface area contributed by atoms with E-state index in [4.69, 9.17) is 4.74 Å². The molecule has 0 unspecified atom stereocenters. The van der Waals surface area contributed by atoms with Crippen LogP contribution in [0.3, 0.4) is 0 Å². The second-order valence-corrected chi connectivity index (χ2v) is 4.34. The van der Waals surface area contributed by atoms with E-state index in [1.54, 1.807) is 0 Å². The van der Waals surface area contributed by atoms with Gasteiger partial charge in [0.25, 0.3) is 5.92 Å². The van der Waals surface area contributed by atoms with Crippen LogP contribution in [0.25, 0.3) is 0 Å². The van der Waals surface area contributed by atoms with Gasteiger partial charge in [0, 0.05) is 12.5 Å². The van der Waals surface area contributed by atoms with Crippen molar-refractivity contribution in [2.75, 3.05) is 6.61 Å². The number of hydrogen-bond acceptors (Lipinski definition) is 4. The monoisotopic (exact) mass is 284 g/mol. The smallest absolute Gasteiger partial charge is 0.338 e. The molecule has 0 radical (unpaired) electrons. The molecule has 0 bridgehead atoms. The zero-order valence-electron chi connectivity index (χ0n) is 11.1. The Labute approximate surface area is 115 Å². The van der Waals surface area contributed by atoms with Gasteiger partial charge in [0.2, 0.25) is 0 Å². The molecular formula is C14H14F2O4. The van der Waals surface area contributed by atoms with Crippen LogP contribution in [0, 0.1) is 0 Å².